The Balaban J connectivity index is 1.18. The summed E-state index contributed by atoms with van der Waals surface area (Å²) in [6, 6.07) is 11.3. The summed E-state index contributed by atoms with van der Waals surface area (Å²) in [6.07, 6.45) is 7.04. The number of hydrogen-bond acceptors (Lipinski definition) is 3. The maximum atomic E-state index is 12.8. The summed E-state index contributed by atoms with van der Waals surface area (Å²) in [5.41, 5.74) is 2.52. The van der Waals surface area contributed by atoms with Crippen molar-refractivity contribution in [2.45, 2.75) is 70.7 Å². The summed E-state index contributed by atoms with van der Waals surface area (Å²) in [4.78, 5) is 14.5. The zero-order chi connectivity index (χ0) is 22.3. The van der Waals surface area contributed by atoms with Gasteiger partial charge in [-0.3, -0.25) is 4.79 Å². The number of carbonyl (C=O) groups is 1. The monoisotopic (exact) mass is 440 g/mol. The van der Waals surface area contributed by atoms with E-state index in [4.69, 9.17) is 4.74 Å². The third kappa shape index (κ3) is 3.93. The van der Waals surface area contributed by atoms with Crippen LogP contribution in [0.15, 0.2) is 42.0 Å². The molecule has 5 rings (SSSR count). The molecule has 32 heavy (non-hydrogen) atoms. The molecule has 3 fully saturated rings. The molecule has 2 saturated heterocycles. The summed E-state index contributed by atoms with van der Waals surface area (Å²) in [5, 5.41) is 13.9. The molecule has 0 spiro atoms. The summed E-state index contributed by atoms with van der Waals surface area (Å²) in [7, 11) is 0. The van der Waals surface area contributed by atoms with E-state index in [2.05, 4.69) is 55.6 Å². The summed E-state index contributed by atoms with van der Waals surface area (Å²) < 4.78 is 5.84. The molecule has 2 aliphatic heterocycles. The van der Waals surface area contributed by atoms with Gasteiger partial charge in [-0.1, -0.05) is 55.8 Å². The van der Waals surface area contributed by atoms with Crippen LogP contribution in [0.4, 0.5) is 0 Å². The van der Waals surface area contributed by atoms with Crippen LogP contribution in [0.1, 0.15) is 51.5 Å². The van der Waals surface area contributed by atoms with Crippen LogP contribution in [-0.4, -0.2) is 49.0 Å². The van der Waals surface area contributed by atoms with Gasteiger partial charge in [0.15, 0.2) is 0 Å². The van der Waals surface area contributed by atoms with Crippen molar-refractivity contribution >= 4 is 5.97 Å². The van der Waals surface area contributed by atoms with Gasteiger partial charge in [-0.25, -0.2) is 0 Å². The first-order valence-corrected chi connectivity index (χ1v) is 12.8. The van der Waals surface area contributed by atoms with Crippen LogP contribution in [-0.2, 0) is 16.1 Å². The number of quaternary nitrogens is 2. The molecule has 1 saturated carbocycles. The fourth-order valence-corrected chi connectivity index (χ4v) is 7.02. The lowest BCUT2D eigenvalue weighted by Crippen LogP contribution is -3.13. The molecule has 1 aromatic rings. The van der Waals surface area contributed by atoms with Gasteiger partial charge in [0, 0.05) is 36.2 Å². The van der Waals surface area contributed by atoms with Gasteiger partial charge in [0.05, 0.1) is 31.8 Å². The summed E-state index contributed by atoms with van der Waals surface area (Å²) >= 11 is 0. The van der Waals surface area contributed by atoms with Gasteiger partial charge < -0.3 is 20.1 Å². The Morgan fingerprint density at radius 3 is 2.69 bits per heavy atom. The van der Waals surface area contributed by atoms with E-state index < -0.39 is 6.10 Å². The molecule has 4 aliphatic rings. The molecule has 0 aromatic heterocycles. The van der Waals surface area contributed by atoms with E-state index in [1.165, 1.54) is 37.1 Å². The first kappa shape index (κ1) is 22.1. The number of likely N-dealkylation sites (tertiary alicyclic amines) is 1. The van der Waals surface area contributed by atoms with E-state index in [0.29, 0.717) is 12.0 Å². The quantitative estimate of drug-likeness (QED) is 0.474. The van der Waals surface area contributed by atoms with Gasteiger partial charge >= 0.3 is 5.97 Å². The number of ether oxygens (including phenoxy) is 1. The number of nitrogens with two attached hydrogens (primary N) is 1. The Bertz CT molecular complexity index is 848. The average Bonchev–Trinajstić information content (AvgIpc) is 3.11. The lowest BCUT2D eigenvalue weighted by Gasteiger charge is -2.51. The van der Waals surface area contributed by atoms with Crippen LogP contribution in [0.5, 0.6) is 0 Å². The first-order valence-electron chi connectivity index (χ1n) is 12.8. The van der Waals surface area contributed by atoms with Crippen LogP contribution in [0.25, 0.3) is 0 Å². The number of allylic oxidation sites excluding steroid dienone is 1. The number of hydrogen-bond donors (Lipinski definition) is 3. The summed E-state index contributed by atoms with van der Waals surface area (Å²) in [6.45, 7) is 8.71. The molecule has 0 amide bonds. The van der Waals surface area contributed by atoms with Crippen LogP contribution in [0.2, 0.25) is 0 Å². The number of benzene rings is 1. The summed E-state index contributed by atoms with van der Waals surface area (Å²) in [5.74, 6) is 0.107. The SMILES string of the molecule is C[C@@H]1CCC=C2C[C@H]3OC(=O)[C@@H](C[NH2+]C4CC[NH+](Cc5ccccc5)CC4)[C@H]3[C@@H](O)[C@@]21C. The molecule has 2 heterocycles. The average molecular weight is 441 g/mol. The van der Waals surface area contributed by atoms with Crippen LogP contribution in [0.3, 0.4) is 0 Å². The molecular formula is C27H40N2O3+2. The van der Waals surface area contributed by atoms with Crippen LogP contribution in [0, 0.1) is 23.2 Å². The molecule has 6 atom stereocenters. The number of esters is 1. The number of aliphatic hydroxyl groups excluding tert-OH is 1. The minimum Gasteiger partial charge on any atom is -0.461 e. The highest BCUT2D eigenvalue weighted by atomic mass is 16.6. The molecular weight excluding hydrogens is 400 g/mol. The van der Waals surface area contributed by atoms with E-state index in [-0.39, 0.29) is 29.3 Å². The molecule has 5 heteroatoms. The molecule has 0 bridgehead atoms. The maximum absolute atomic E-state index is 12.8. The molecule has 4 N–H and O–H groups in total. The highest BCUT2D eigenvalue weighted by Crippen LogP contribution is 2.55. The Morgan fingerprint density at radius 2 is 1.94 bits per heavy atom. The predicted octanol–water partition coefficient (Wildman–Crippen LogP) is 1.08. The van der Waals surface area contributed by atoms with E-state index in [1.807, 2.05) is 0 Å². The van der Waals surface area contributed by atoms with Crippen molar-refractivity contribution in [1.82, 2.24) is 0 Å². The van der Waals surface area contributed by atoms with Crippen molar-refractivity contribution in [3.63, 3.8) is 0 Å². The van der Waals surface area contributed by atoms with Crippen molar-refractivity contribution in [1.29, 1.82) is 0 Å². The van der Waals surface area contributed by atoms with E-state index in [0.717, 1.165) is 32.4 Å². The second-order valence-corrected chi connectivity index (χ2v) is 11.0. The number of aliphatic hydroxyl groups is 1. The van der Waals surface area contributed by atoms with Gasteiger partial charge in [0.25, 0.3) is 0 Å². The minimum absolute atomic E-state index is 0.0646. The second kappa shape index (κ2) is 8.92. The standard InChI is InChI=1S/C27H38N2O3/c1-18-7-6-10-20-15-23-24(25(30)27(18,20)2)22(26(31)32-23)16-28-21-11-13-29(14-12-21)17-19-8-4-3-5-9-19/h3-5,8-10,18,21-25,28,30H,6-7,11-17H2,1-2H3/p+2/t18-,22+,23-,24-,25-,27-/m1/s1. The number of rotatable bonds is 5. The van der Waals surface area contributed by atoms with E-state index >= 15 is 0 Å². The second-order valence-electron chi connectivity index (χ2n) is 11.0. The third-order valence-electron chi connectivity index (χ3n) is 9.33. The minimum atomic E-state index is -0.496. The Morgan fingerprint density at radius 1 is 1.19 bits per heavy atom. The van der Waals surface area contributed by atoms with Crippen molar-refractivity contribution in [2.75, 3.05) is 19.6 Å². The van der Waals surface area contributed by atoms with Crippen LogP contribution >= 0.6 is 0 Å². The number of carbonyl (C=O) groups excluding carboxylic acids is 1. The third-order valence-corrected chi connectivity index (χ3v) is 9.33. The number of piperidine rings is 1. The molecule has 5 nitrogen and oxygen atoms in total. The van der Waals surface area contributed by atoms with E-state index in [1.54, 1.807) is 4.90 Å². The van der Waals surface area contributed by atoms with Gasteiger partial charge in [-0.05, 0) is 18.8 Å². The highest BCUT2D eigenvalue weighted by Gasteiger charge is 2.60. The molecule has 0 radical (unpaired) electrons. The lowest BCUT2D eigenvalue weighted by atomic mass is 9.55. The van der Waals surface area contributed by atoms with Crippen molar-refractivity contribution in [3.8, 4) is 0 Å². The first-order chi connectivity index (χ1) is 15.5. The maximum Gasteiger partial charge on any atom is 0.315 e. The van der Waals surface area contributed by atoms with Crippen molar-refractivity contribution < 1.29 is 24.9 Å². The number of fused-ring (bicyclic) bond motifs is 2. The fourth-order valence-electron chi connectivity index (χ4n) is 7.02. The molecule has 2 aliphatic carbocycles. The Hall–Kier alpha value is -1.69. The van der Waals surface area contributed by atoms with E-state index in [9.17, 15) is 9.90 Å². The van der Waals surface area contributed by atoms with Crippen molar-refractivity contribution in [3.05, 3.63) is 47.5 Å². The molecule has 0 unspecified atom stereocenters. The van der Waals surface area contributed by atoms with Gasteiger partial charge in [0.2, 0.25) is 0 Å². The highest BCUT2D eigenvalue weighted by molar-refractivity contribution is 5.76. The van der Waals surface area contributed by atoms with Crippen molar-refractivity contribution in [2.24, 2.45) is 23.2 Å². The number of nitrogens with one attached hydrogen (secondary N) is 1. The molecule has 174 valence electrons. The lowest BCUT2D eigenvalue weighted by molar-refractivity contribution is -0.926. The van der Waals surface area contributed by atoms with Gasteiger partial charge in [-0.15, -0.1) is 0 Å². The van der Waals surface area contributed by atoms with Crippen LogP contribution < -0.4 is 10.2 Å². The zero-order valence-corrected chi connectivity index (χ0v) is 19.6. The molecule has 1 aromatic carbocycles. The fraction of sp³-hybridized carbons (Fsp3) is 0.667. The largest absolute Gasteiger partial charge is 0.461 e. The topological polar surface area (TPSA) is 67.6 Å². The van der Waals surface area contributed by atoms with Gasteiger partial charge in [-0.2, -0.15) is 0 Å². The zero-order valence-electron chi connectivity index (χ0n) is 19.6. The Labute approximate surface area is 192 Å². The van der Waals surface area contributed by atoms with Gasteiger partial charge in [0.1, 0.15) is 18.6 Å². The normalized spacial score (nSPS) is 41.4. The predicted molar refractivity (Wildman–Crippen MR) is 123 cm³/mol. The smallest absolute Gasteiger partial charge is 0.315 e. The Kier molecular flexibility index (Phi) is 6.17.